The van der Waals surface area contributed by atoms with Gasteiger partial charge in [-0.2, -0.15) is 4.98 Å². The summed E-state index contributed by atoms with van der Waals surface area (Å²) in [6, 6.07) is 5.51. The van der Waals surface area contributed by atoms with Crippen molar-refractivity contribution in [3.05, 3.63) is 41.9 Å². The number of carbonyl (C=O) groups excluding carboxylic acids is 3. The van der Waals surface area contributed by atoms with Crippen LogP contribution in [0.15, 0.2) is 30.6 Å². The van der Waals surface area contributed by atoms with E-state index in [9.17, 15) is 14.4 Å². The predicted molar refractivity (Wildman–Crippen MR) is 156 cm³/mol. The Morgan fingerprint density at radius 2 is 1.83 bits per heavy atom. The standard InChI is InChI=1S/C30H38N8O4/c1-30(2,3)42-29(41)35-25-21-12-19(21)16-37(25)26(39)17-10-11-23(31-14-17)33-28-32-15-18-13-22(27(40)36(4)5)38(24(18)34-28)20-8-6-7-9-20/h10-11,13-15,19-21,25H,6-9,12,16H2,1-5H3,(H,35,41)(H,31,32,33,34). The van der Waals surface area contributed by atoms with Crippen LogP contribution in [0.1, 0.15) is 79.8 Å². The van der Waals surface area contributed by atoms with Crippen LogP contribution in [0.4, 0.5) is 16.6 Å². The summed E-state index contributed by atoms with van der Waals surface area (Å²) in [5.41, 5.74) is 1.14. The summed E-state index contributed by atoms with van der Waals surface area (Å²) < 4.78 is 7.48. The summed E-state index contributed by atoms with van der Waals surface area (Å²) in [5, 5.41) is 6.85. The highest BCUT2D eigenvalue weighted by Gasteiger charge is 2.55. The highest BCUT2D eigenvalue weighted by molar-refractivity contribution is 5.98. The average Bonchev–Trinajstić information content (AvgIpc) is 3.24. The minimum atomic E-state index is -0.618. The van der Waals surface area contributed by atoms with Crippen LogP contribution in [0, 0.1) is 11.8 Å². The van der Waals surface area contributed by atoms with Gasteiger partial charge in [0, 0.05) is 50.4 Å². The van der Waals surface area contributed by atoms with Crippen LogP contribution in [-0.2, 0) is 4.74 Å². The van der Waals surface area contributed by atoms with E-state index in [4.69, 9.17) is 9.72 Å². The van der Waals surface area contributed by atoms with Crippen LogP contribution in [0.3, 0.4) is 0 Å². The Balaban J connectivity index is 1.18. The zero-order valence-electron chi connectivity index (χ0n) is 24.8. The molecule has 3 fully saturated rings. The van der Waals surface area contributed by atoms with Gasteiger partial charge in [0.05, 0.1) is 5.56 Å². The molecule has 42 heavy (non-hydrogen) atoms. The van der Waals surface area contributed by atoms with Gasteiger partial charge in [-0.25, -0.2) is 14.8 Å². The minimum absolute atomic E-state index is 0.0600. The largest absolute Gasteiger partial charge is 0.444 e. The number of nitrogens with zero attached hydrogens (tertiary/aromatic N) is 6. The third kappa shape index (κ3) is 5.49. The van der Waals surface area contributed by atoms with Crippen molar-refractivity contribution in [2.75, 3.05) is 26.0 Å². The SMILES string of the molecule is CN(C)C(=O)c1cc2cnc(Nc3ccc(C(=O)N4CC5CC5C4NC(=O)OC(C)(C)C)cn3)nc2n1C1CCCC1. The molecule has 6 rings (SSSR count). The van der Waals surface area contributed by atoms with E-state index in [0.29, 0.717) is 41.1 Å². The molecule has 3 aromatic heterocycles. The van der Waals surface area contributed by atoms with Crippen molar-refractivity contribution >= 4 is 40.7 Å². The van der Waals surface area contributed by atoms with Gasteiger partial charge in [-0.05, 0) is 64.2 Å². The van der Waals surface area contributed by atoms with Gasteiger partial charge in [0.25, 0.3) is 11.8 Å². The van der Waals surface area contributed by atoms with Gasteiger partial charge in [0.15, 0.2) is 0 Å². The van der Waals surface area contributed by atoms with Crippen molar-refractivity contribution in [3.8, 4) is 0 Å². The molecule has 1 aliphatic heterocycles. The van der Waals surface area contributed by atoms with Crippen LogP contribution in [-0.4, -0.2) is 79.6 Å². The van der Waals surface area contributed by atoms with E-state index in [2.05, 4.69) is 25.2 Å². The van der Waals surface area contributed by atoms with Crippen LogP contribution in [0.25, 0.3) is 11.0 Å². The molecular weight excluding hydrogens is 536 g/mol. The maximum absolute atomic E-state index is 13.4. The van der Waals surface area contributed by atoms with Crippen molar-refractivity contribution in [3.63, 3.8) is 0 Å². The summed E-state index contributed by atoms with van der Waals surface area (Å²) in [5.74, 6) is 1.24. The summed E-state index contributed by atoms with van der Waals surface area (Å²) >= 11 is 0. The van der Waals surface area contributed by atoms with Crippen LogP contribution < -0.4 is 10.6 Å². The Hall–Kier alpha value is -4.22. The number of pyridine rings is 1. The Bertz CT molecular complexity index is 1520. The van der Waals surface area contributed by atoms with Crippen LogP contribution >= 0.6 is 0 Å². The third-order valence-corrected chi connectivity index (χ3v) is 8.22. The number of hydrogen-bond donors (Lipinski definition) is 2. The second-order valence-electron chi connectivity index (χ2n) is 12.8. The number of ether oxygens (including phenoxy) is 1. The molecule has 0 radical (unpaired) electrons. The first-order valence-corrected chi connectivity index (χ1v) is 14.6. The molecule has 2 N–H and O–H groups in total. The molecule has 4 heterocycles. The molecular formula is C30H38N8O4. The fourth-order valence-electron chi connectivity index (χ4n) is 6.16. The molecule has 12 heteroatoms. The van der Waals surface area contributed by atoms with Crippen molar-refractivity contribution in [1.82, 2.24) is 34.6 Å². The van der Waals surface area contributed by atoms with Crippen LogP contribution in [0.2, 0.25) is 0 Å². The maximum Gasteiger partial charge on any atom is 0.409 e. The summed E-state index contributed by atoms with van der Waals surface area (Å²) in [4.78, 5) is 55.7. The third-order valence-electron chi connectivity index (χ3n) is 8.22. The molecule has 3 atom stereocenters. The fraction of sp³-hybridized carbons (Fsp3) is 0.533. The number of nitrogens with one attached hydrogen (secondary N) is 2. The number of piperidine rings is 1. The monoisotopic (exact) mass is 574 g/mol. The summed E-state index contributed by atoms with van der Waals surface area (Å²) in [7, 11) is 3.50. The predicted octanol–water partition coefficient (Wildman–Crippen LogP) is 4.33. The molecule has 222 valence electrons. The normalized spacial score (nSPS) is 21.7. The van der Waals surface area contributed by atoms with Gasteiger partial charge in [0.2, 0.25) is 5.95 Å². The van der Waals surface area contributed by atoms with Gasteiger partial charge in [0.1, 0.15) is 28.9 Å². The van der Waals surface area contributed by atoms with Gasteiger partial charge < -0.3 is 29.7 Å². The lowest BCUT2D eigenvalue weighted by molar-refractivity contribution is 0.0408. The number of carbonyl (C=O) groups is 3. The number of rotatable bonds is 6. The van der Waals surface area contributed by atoms with Gasteiger partial charge in [-0.1, -0.05) is 12.8 Å². The number of alkyl carbamates (subject to hydrolysis) is 1. The maximum atomic E-state index is 13.4. The minimum Gasteiger partial charge on any atom is -0.444 e. The highest BCUT2D eigenvalue weighted by Crippen LogP contribution is 2.49. The molecule has 0 aromatic carbocycles. The zero-order chi connectivity index (χ0) is 29.8. The Labute approximate surface area is 244 Å². The van der Waals surface area contributed by atoms with Crippen LogP contribution in [0.5, 0.6) is 0 Å². The molecule has 12 nitrogen and oxygen atoms in total. The smallest absolute Gasteiger partial charge is 0.409 e. The van der Waals surface area contributed by atoms with E-state index in [0.717, 1.165) is 37.5 Å². The molecule has 2 saturated carbocycles. The molecule has 3 aromatic rings. The number of amides is 3. The molecule has 3 aliphatic rings. The van der Waals surface area contributed by atoms with Gasteiger partial charge in [-0.15, -0.1) is 0 Å². The quantitative estimate of drug-likeness (QED) is 0.444. The van der Waals surface area contributed by atoms with Crippen molar-refractivity contribution in [2.24, 2.45) is 11.8 Å². The van der Waals surface area contributed by atoms with Gasteiger partial charge >= 0.3 is 6.09 Å². The van der Waals surface area contributed by atoms with E-state index in [1.54, 1.807) is 42.2 Å². The number of anilines is 2. The summed E-state index contributed by atoms with van der Waals surface area (Å²) in [6.45, 7) is 6.03. The topological polar surface area (TPSA) is 135 Å². The number of likely N-dealkylation sites (tertiary alicyclic amines) is 1. The molecule has 0 spiro atoms. The molecule has 0 bridgehead atoms. The van der Waals surface area contributed by atoms with Gasteiger partial charge in [-0.3, -0.25) is 9.59 Å². The second-order valence-corrected chi connectivity index (χ2v) is 12.8. The van der Waals surface area contributed by atoms with E-state index in [-0.39, 0.29) is 23.8 Å². The molecule has 2 aliphatic carbocycles. The average molecular weight is 575 g/mol. The number of hydrogen-bond acceptors (Lipinski definition) is 8. The Kier molecular flexibility index (Phi) is 7.02. The highest BCUT2D eigenvalue weighted by atomic mass is 16.6. The Morgan fingerprint density at radius 3 is 2.50 bits per heavy atom. The molecule has 1 saturated heterocycles. The van der Waals surface area contributed by atoms with Crippen molar-refractivity contribution in [2.45, 2.75) is 70.7 Å². The molecule has 3 unspecified atom stereocenters. The van der Waals surface area contributed by atoms with E-state index < -0.39 is 17.9 Å². The second kappa shape index (κ2) is 10.6. The lowest BCUT2D eigenvalue weighted by atomic mass is 10.2. The first-order valence-electron chi connectivity index (χ1n) is 14.6. The molecule has 3 amide bonds. The lowest BCUT2D eigenvalue weighted by Crippen LogP contribution is -2.50. The lowest BCUT2D eigenvalue weighted by Gasteiger charge is -2.29. The first-order chi connectivity index (χ1) is 20.0. The fourth-order valence-corrected chi connectivity index (χ4v) is 6.16. The summed E-state index contributed by atoms with van der Waals surface area (Å²) in [6.07, 6.45) is 7.58. The number of fused-ring (bicyclic) bond motifs is 2. The van der Waals surface area contributed by atoms with E-state index in [1.807, 2.05) is 26.8 Å². The van der Waals surface area contributed by atoms with Crippen molar-refractivity contribution in [1.29, 1.82) is 0 Å². The van der Waals surface area contributed by atoms with E-state index in [1.165, 1.54) is 6.20 Å². The zero-order valence-corrected chi connectivity index (χ0v) is 24.8. The number of aromatic nitrogens is 4. The Morgan fingerprint density at radius 1 is 1.07 bits per heavy atom. The first kappa shape index (κ1) is 27.9. The van der Waals surface area contributed by atoms with Crippen molar-refractivity contribution < 1.29 is 19.1 Å². The van der Waals surface area contributed by atoms with E-state index >= 15 is 0 Å².